The average Bonchev–Trinajstić information content (AvgIpc) is 3.14. The van der Waals surface area contributed by atoms with E-state index in [-0.39, 0.29) is 35.8 Å². The first-order valence-electron chi connectivity index (χ1n) is 9.32. The van der Waals surface area contributed by atoms with Crippen LogP contribution >= 0.6 is 0 Å². The quantitative estimate of drug-likeness (QED) is 0.413. The van der Waals surface area contributed by atoms with Gasteiger partial charge in [0.15, 0.2) is 0 Å². The molecule has 10 nitrogen and oxygen atoms in total. The molecule has 0 saturated carbocycles. The second-order valence-electron chi connectivity index (χ2n) is 6.94. The summed E-state index contributed by atoms with van der Waals surface area (Å²) in [5.74, 6) is -0.876. The van der Waals surface area contributed by atoms with Gasteiger partial charge in [-0.3, -0.25) is 19.6 Å². The summed E-state index contributed by atoms with van der Waals surface area (Å²) in [6, 6.07) is 10.9. The summed E-state index contributed by atoms with van der Waals surface area (Å²) in [7, 11) is 0. The van der Waals surface area contributed by atoms with Gasteiger partial charge in [-0.25, -0.2) is 4.79 Å². The van der Waals surface area contributed by atoms with E-state index in [1.807, 2.05) is 19.9 Å². The number of aromatic carboxylic acids is 1. The number of rotatable bonds is 8. The van der Waals surface area contributed by atoms with Crippen LogP contribution in [0.25, 0.3) is 0 Å². The number of carbonyl (C=O) groups is 2. The van der Waals surface area contributed by atoms with Gasteiger partial charge in [-0.05, 0) is 43.2 Å². The third-order valence-corrected chi connectivity index (χ3v) is 4.30. The number of hydrogen-bond donors (Lipinski definition) is 2. The number of amides is 1. The highest BCUT2D eigenvalue weighted by Crippen LogP contribution is 2.30. The van der Waals surface area contributed by atoms with E-state index >= 15 is 0 Å². The monoisotopic (exact) mass is 424 g/mol. The second-order valence-corrected chi connectivity index (χ2v) is 6.94. The van der Waals surface area contributed by atoms with Crippen LogP contribution in [0.5, 0.6) is 11.5 Å². The van der Waals surface area contributed by atoms with Gasteiger partial charge >= 0.3 is 5.97 Å². The molecule has 3 rings (SSSR count). The number of carboxylic acid groups (broad SMARTS) is 1. The van der Waals surface area contributed by atoms with Crippen molar-refractivity contribution in [2.75, 3.05) is 5.32 Å². The Kier molecular flexibility index (Phi) is 6.29. The maximum absolute atomic E-state index is 12.3. The molecule has 0 fully saturated rings. The van der Waals surface area contributed by atoms with Crippen molar-refractivity contribution in [2.45, 2.75) is 26.8 Å². The molecule has 1 heterocycles. The number of aromatic nitrogens is 2. The van der Waals surface area contributed by atoms with Crippen molar-refractivity contribution in [1.29, 1.82) is 0 Å². The van der Waals surface area contributed by atoms with E-state index in [4.69, 9.17) is 9.84 Å². The Morgan fingerprint density at radius 2 is 1.81 bits per heavy atom. The van der Waals surface area contributed by atoms with Crippen LogP contribution in [0.1, 0.15) is 28.0 Å². The first-order chi connectivity index (χ1) is 14.7. The molecule has 1 amide bonds. The molecule has 1 aromatic heterocycles. The molecule has 0 saturated heterocycles. The number of nitrogens with zero attached hydrogens (tertiary/aromatic N) is 3. The van der Waals surface area contributed by atoms with Gasteiger partial charge in [0.05, 0.1) is 23.2 Å². The molecule has 2 aromatic carbocycles. The molecule has 2 N–H and O–H groups in total. The molecule has 0 atom stereocenters. The van der Waals surface area contributed by atoms with E-state index in [9.17, 15) is 19.7 Å². The lowest BCUT2D eigenvalue weighted by Gasteiger charge is -2.11. The number of carboxylic acids is 1. The maximum atomic E-state index is 12.3. The topological polar surface area (TPSA) is 137 Å². The van der Waals surface area contributed by atoms with Gasteiger partial charge in [-0.2, -0.15) is 5.10 Å². The van der Waals surface area contributed by atoms with Gasteiger partial charge in [0, 0.05) is 24.8 Å². The number of ether oxygens (including phenoxy) is 1. The molecule has 0 aliphatic carbocycles. The molecule has 0 bridgehead atoms. The first kappa shape index (κ1) is 21.5. The highest BCUT2D eigenvalue weighted by Gasteiger charge is 2.15. The van der Waals surface area contributed by atoms with E-state index < -0.39 is 16.8 Å². The lowest BCUT2D eigenvalue weighted by Crippen LogP contribution is -2.17. The molecule has 3 aromatic rings. The zero-order valence-electron chi connectivity index (χ0n) is 16.9. The molecule has 0 unspecified atom stereocenters. The minimum atomic E-state index is -1.15. The molecule has 10 heteroatoms. The number of anilines is 1. The third kappa shape index (κ3) is 5.66. The van der Waals surface area contributed by atoms with Crippen LogP contribution in [-0.2, 0) is 11.3 Å². The van der Waals surface area contributed by atoms with Crippen molar-refractivity contribution in [3.8, 4) is 11.5 Å². The van der Waals surface area contributed by atoms with Gasteiger partial charge in [-0.15, -0.1) is 0 Å². The van der Waals surface area contributed by atoms with E-state index in [0.29, 0.717) is 5.75 Å². The molecule has 0 spiro atoms. The molecule has 31 heavy (non-hydrogen) atoms. The van der Waals surface area contributed by atoms with Crippen LogP contribution in [0.15, 0.2) is 48.7 Å². The normalized spacial score (nSPS) is 10.5. The van der Waals surface area contributed by atoms with Crippen LogP contribution in [0.3, 0.4) is 0 Å². The summed E-state index contributed by atoms with van der Waals surface area (Å²) in [5, 5.41) is 26.8. The Labute approximate surface area is 177 Å². The Balaban J connectivity index is 1.75. The Hall–Kier alpha value is -4.21. The Morgan fingerprint density at radius 1 is 1.13 bits per heavy atom. The van der Waals surface area contributed by atoms with Crippen LogP contribution in [0.2, 0.25) is 0 Å². The molecule has 0 radical (unpaired) electrons. The Bertz CT molecular complexity index is 1130. The molecule has 0 aliphatic rings. The van der Waals surface area contributed by atoms with Crippen LogP contribution in [0, 0.1) is 24.0 Å². The van der Waals surface area contributed by atoms with Gasteiger partial charge < -0.3 is 15.2 Å². The highest BCUT2D eigenvalue weighted by molar-refractivity contribution is 5.91. The van der Waals surface area contributed by atoms with Gasteiger partial charge in [-0.1, -0.05) is 6.07 Å². The van der Waals surface area contributed by atoms with E-state index in [1.54, 1.807) is 12.1 Å². The number of nitrogens with one attached hydrogen (secondary N) is 1. The minimum Gasteiger partial charge on any atom is -0.477 e. The average molecular weight is 424 g/mol. The highest BCUT2D eigenvalue weighted by atomic mass is 16.6. The number of non-ortho nitro benzene ring substituents is 1. The van der Waals surface area contributed by atoms with Crippen LogP contribution in [0.4, 0.5) is 11.4 Å². The zero-order valence-corrected chi connectivity index (χ0v) is 16.9. The van der Waals surface area contributed by atoms with E-state index in [0.717, 1.165) is 11.1 Å². The summed E-state index contributed by atoms with van der Waals surface area (Å²) in [6.45, 7) is 3.87. The number of benzene rings is 2. The largest absolute Gasteiger partial charge is 0.477 e. The van der Waals surface area contributed by atoms with E-state index in [1.165, 1.54) is 35.1 Å². The number of nitro groups is 1. The fourth-order valence-corrected chi connectivity index (χ4v) is 3.07. The summed E-state index contributed by atoms with van der Waals surface area (Å²) in [6.07, 6.45) is 1.26. The van der Waals surface area contributed by atoms with Gasteiger partial charge in [0.2, 0.25) is 5.91 Å². The standard InChI is InChI=1S/C21H20N4O6/c1-13-7-14(2)9-17(8-13)31-18-11-15(10-16(12-18)25(29)30)23-20(26)4-6-24-19(21(27)28)3-5-22-24/h3,5,7-12H,4,6H2,1-2H3,(H,23,26)(H,27,28). The number of nitro benzene ring substituents is 1. The number of aryl methyl sites for hydroxylation is 3. The first-order valence-corrected chi connectivity index (χ1v) is 9.32. The van der Waals surface area contributed by atoms with Crippen molar-refractivity contribution < 1.29 is 24.4 Å². The smallest absolute Gasteiger partial charge is 0.354 e. The van der Waals surface area contributed by atoms with Crippen molar-refractivity contribution in [3.05, 3.63) is 75.6 Å². The fraction of sp³-hybridized carbons (Fsp3) is 0.190. The lowest BCUT2D eigenvalue weighted by atomic mass is 10.1. The van der Waals surface area contributed by atoms with Crippen LogP contribution in [-0.4, -0.2) is 31.7 Å². The molecule has 0 aliphatic heterocycles. The third-order valence-electron chi connectivity index (χ3n) is 4.30. The second kappa shape index (κ2) is 9.08. The van der Waals surface area contributed by atoms with Crippen molar-refractivity contribution in [2.24, 2.45) is 0 Å². The predicted molar refractivity (Wildman–Crippen MR) is 112 cm³/mol. The van der Waals surface area contributed by atoms with Crippen LogP contribution < -0.4 is 10.1 Å². The summed E-state index contributed by atoms with van der Waals surface area (Å²) >= 11 is 0. The fourth-order valence-electron chi connectivity index (χ4n) is 3.07. The van der Waals surface area contributed by atoms with Crippen molar-refractivity contribution >= 4 is 23.3 Å². The Morgan fingerprint density at radius 3 is 2.45 bits per heavy atom. The molecular formula is C21H20N4O6. The molecular weight excluding hydrogens is 404 g/mol. The molecule has 160 valence electrons. The van der Waals surface area contributed by atoms with Crippen molar-refractivity contribution in [1.82, 2.24) is 9.78 Å². The van der Waals surface area contributed by atoms with Gasteiger partial charge in [0.25, 0.3) is 5.69 Å². The summed E-state index contributed by atoms with van der Waals surface area (Å²) in [5.41, 5.74) is 1.88. The van der Waals surface area contributed by atoms with Crippen molar-refractivity contribution in [3.63, 3.8) is 0 Å². The zero-order chi connectivity index (χ0) is 22.5. The van der Waals surface area contributed by atoms with Gasteiger partial charge in [0.1, 0.15) is 17.2 Å². The predicted octanol–water partition coefficient (Wildman–Crippen LogP) is 3.93. The number of carbonyl (C=O) groups excluding carboxylic acids is 1. The lowest BCUT2D eigenvalue weighted by molar-refractivity contribution is -0.384. The number of hydrogen-bond acceptors (Lipinski definition) is 6. The maximum Gasteiger partial charge on any atom is 0.354 e. The minimum absolute atomic E-state index is 0.0349. The SMILES string of the molecule is Cc1cc(C)cc(Oc2cc(NC(=O)CCn3nccc3C(=O)O)cc([N+](=O)[O-])c2)c1. The summed E-state index contributed by atoms with van der Waals surface area (Å²) < 4.78 is 6.98. The van der Waals surface area contributed by atoms with E-state index in [2.05, 4.69) is 10.4 Å². The summed E-state index contributed by atoms with van der Waals surface area (Å²) in [4.78, 5) is 34.2.